The summed E-state index contributed by atoms with van der Waals surface area (Å²) >= 11 is 5.87. The van der Waals surface area contributed by atoms with Crippen molar-refractivity contribution in [1.29, 1.82) is 0 Å². The molecule has 1 aromatic rings. The molecule has 0 aromatic heterocycles. The highest BCUT2D eigenvalue weighted by molar-refractivity contribution is 6.30. The zero-order chi connectivity index (χ0) is 14.3. The average Bonchev–Trinajstić information content (AvgIpc) is 2.33. The molecule has 5 heteroatoms. The number of hydrogen-bond acceptors (Lipinski definition) is 3. The molecule has 0 spiro atoms. The summed E-state index contributed by atoms with van der Waals surface area (Å²) in [6.07, 6.45) is 0.952. The van der Waals surface area contributed by atoms with Gasteiger partial charge in [0.15, 0.2) is 0 Å². The summed E-state index contributed by atoms with van der Waals surface area (Å²) in [5.41, 5.74) is 1.71. The predicted octanol–water partition coefficient (Wildman–Crippen LogP) is 2.29. The van der Waals surface area contributed by atoms with E-state index < -0.39 is 0 Å². The number of aryl methyl sites for hydroxylation is 1. The van der Waals surface area contributed by atoms with Crippen molar-refractivity contribution >= 4 is 23.2 Å². The maximum absolute atomic E-state index is 11.9. The van der Waals surface area contributed by atoms with E-state index in [1.54, 1.807) is 12.1 Å². The summed E-state index contributed by atoms with van der Waals surface area (Å²) in [5.74, 6) is -0.0766. The number of benzene rings is 1. The van der Waals surface area contributed by atoms with Crippen LogP contribution in [0.4, 0.5) is 5.69 Å². The molecule has 0 fully saturated rings. The van der Waals surface area contributed by atoms with Crippen LogP contribution in [0.5, 0.6) is 0 Å². The molecule has 0 heterocycles. The number of anilines is 1. The van der Waals surface area contributed by atoms with Gasteiger partial charge < -0.3 is 10.4 Å². The molecule has 1 rings (SSSR count). The number of aliphatic hydroxyl groups is 1. The number of carbonyl (C=O) groups excluding carboxylic acids is 1. The summed E-state index contributed by atoms with van der Waals surface area (Å²) in [6, 6.07) is 5.36. The van der Waals surface area contributed by atoms with E-state index in [9.17, 15) is 4.79 Å². The minimum absolute atomic E-state index is 0.0628. The molecule has 1 aromatic carbocycles. The van der Waals surface area contributed by atoms with Gasteiger partial charge in [-0.15, -0.1) is 0 Å². The van der Waals surface area contributed by atoms with Gasteiger partial charge in [0, 0.05) is 17.3 Å². The highest BCUT2D eigenvalue weighted by Gasteiger charge is 2.10. The number of aliphatic hydroxyl groups excluding tert-OH is 1. The van der Waals surface area contributed by atoms with Crippen LogP contribution in [0.1, 0.15) is 18.9 Å². The minimum atomic E-state index is -0.0766. The van der Waals surface area contributed by atoms with Crippen molar-refractivity contribution in [2.24, 2.45) is 0 Å². The van der Waals surface area contributed by atoms with E-state index >= 15 is 0 Å². The average molecular weight is 285 g/mol. The molecule has 0 unspecified atom stereocenters. The zero-order valence-electron chi connectivity index (χ0n) is 11.4. The first-order valence-electron chi connectivity index (χ1n) is 6.46. The second kappa shape index (κ2) is 8.15. The van der Waals surface area contributed by atoms with Gasteiger partial charge in [-0.3, -0.25) is 9.69 Å². The Labute approximate surface area is 119 Å². The first-order valence-corrected chi connectivity index (χ1v) is 6.83. The van der Waals surface area contributed by atoms with Crippen LogP contribution in [0.3, 0.4) is 0 Å². The third-order valence-electron chi connectivity index (χ3n) is 2.79. The van der Waals surface area contributed by atoms with Crippen LogP contribution in [-0.4, -0.2) is 42.2 Å². The fourth-order valence-electron chi connectivity index (χ4n) is 1.89. The Balaban J connectivity index is 2.58. The van der Waals surface area contributed by atoms with Crippen LogP contribution in [-0.2, 0) is 4.79 Å². The number of carbonyl (C=O) groups is 1. The Morgan fingerprint density at radius 2 is 2.16 bits per heavy atom. The predicted molar refractivity (Wildman–Crippen MR) is 78.6 cm³/mol. The van der Waals surface area contributed by atoms with Crippen LogP contribution in [0.25, 0.3) is 0 Å². The summed E-state index contributed by atoms with van der Waals surface area (Å²) < 4.78 is 0. The van der Waals surface area contributed by atoms with Gasteiger partial charge in [0.25, 0.3) is 0 Å². The van der Waals surface area contributed by atoms with E-state index in [1.165, 1.54) is 0 Å². The molecule has 0 saturated carbocycles. The van der Waals surface area contributed by atoms with E-state index in [1.807, 2.05) is 24.8 Å². The Hall–Kier alpha value is -1.10. The molecule has 0 atom stereocenters. The molecule has 2 N–H and O–H groups in total. The third kappa shape index (κ3) is 5.59. The van der Waals surface area contributed by atoms with Crippen LogP contribution < -0.4 is 5.32 Å². The maximum Gasteiger partial charge on any atom is 0.238 e. The number of hydrogen-bond donors (Lipinski definition) is 2. The van der Waals surface area contributed by atoms with Crippen molar-refractivity contribution < 1.29 is 9.90 Å². The standard InChI is InChI=1S/C14H21ClN2O2/c1-3-6-17(7-8-18)10-14(19)16-13-5-4-12(15)9-11(13)2/h4-5,9,18H,3,6-8,10H2,1-2H3,(H,16,19). The van der Waals surface area contributed by atoms with Gasteiger partial charge >= 0.3 is 0 Å². The molecule has 0 bridgehead atoms. The minimum Gasteiger partial charge on any atom is -0.395 e. The van der Waals surface area contributed by atoms with Crippen molar-refractivity contribution in [3.8, 4) is 0 Å². The first-order chi connectivity index (χ1) is 9.06. The van der Waals surface area contributed by atoms with Crippen LogP contribution in [0.15, 0.2) is 18.2 Å². The van der Waals surface area contributed by atoms with E-state index in [4.69, 9.17) is 16.7 Å². The Morgan fingerprint density at radius 3 is 2.74 bits per heavy atom. The molecular weight excluding hydrogens is 264 g/mol. The Bertz CT molecular complexity index is 418. The summed E-state index contributed by atoms with van der Waals surface area (Å²) in [7, 11) is 0. The number of nitrogens with zero attached hydrogens (tertiary/aromatic N) is 1. The second-order valence-electron chi connectivity index (χ2n) is 4.51. The zero-order valence-corrected chi connectivity index (χ0v) is 12.2. The fourth-order valence-corrected chi connectivity index (χ4v) is 2.11. The lowest BCUT2D eigenvalue weighted by atomic mass is 10.2. The van der Waals surface area contributed by atoms with Gasteiger partial charge in [-0.25, -0.2) is 0 Å². The van der Waals surface area contributed by atoms with Crippen molar-refractivity contribution in [3.63, 3.8) is 0 Å². The molecule has 0 aliphatic heterocycles. The number of halogens is 1. The number of rotatable bonds is 7. The lowest BCUT2D eigenvalue weighted by Crippen LogP contribution is -2.35. The van der Waals surface area contributed by atoms with Crippen molar-refractivity contribution in [1.82, 2.24) is 4.90 Å². The number of nitrogens with one attached hydrogen (secondary N) is 1. The van der Waals surface area contributed by atoms with Gasteiger partial charge in [-0.1, -0.05) is 18.5 Å². The van der Waals surface area contributed by atoms with Crippen LogP contribution in [0.2, 0.25) is 5.02 Å². The largest absolute Gasteiger partial charge is 0.395 e. The quantitative estimate of drug-likeness (QED) is 0.808. The third-order valence-corrected chi connectivity index (χ3v) is 3.02. The molecule has 1 amide bonds. The molecule has 4 nitrogen and oxygen atoms in total. The second-order valence-corrected chi connectivity index (χ2v) is 4.94. The van der Waals surface area contributed by atoms with Crippen LogP contribution >= 0.6 is 11.6 Å². The van der Waals surface area contributed by atoms with E-state index in [0.29, 0.717) is 11.6 Å². The topological polar surface area (TPSA) is 52.6 Å². The molecule has 0 aliphatic carbocycles. The van der Waals surface area contributed by atoms with E-state index in [-0.39, 0.29) is 19.1 Å². The van der Waals surface area contributed by atoms with Gasteiger partial charge in [-0.2, -0.15) is 0 Å². The Morgan fingerprint density at radius 1 is 1.42 bits per heavy atom. The summed E-state index contributed by atoms with van der Waals surface area (Å²) in [6.45, 7) is 5.61. The lowest BCUT2D eigenvalue weighted by molar-refractivity contribution is -0.117. The van der Waals surface area contributed by atoms with Gasteiger partial charge in [0.1, 0.15) is 0 Å². The van der Waals surface area contributed by atoms with Gasteiger partial charge in [0.05, 0.1) is 13.2 Å². The summed E-state index contributed by atoms with van der Waals surface area (Å²) in [4.78, 5) is 13.9. The molecule has 0 saturated heterocycles. The fraction of sp³-hybridized carbons (Fsp3) is 0.500. The number of amides is 1. The SMILES string of the molecule is CCCN(CCO)CC(=O)Nc1ccc(Cl)cc1C. The normalized spacial score (nSPS) is 10.8. The molecule has 19 heavy (non-hydrogen) atoms. The Kier molecular flexibility index (Phi) is 6.84. The van der Waals surface area contributed by atoms with Gasteiger partial charge in [-0.05, 0) is 43.7 Å². The highest BCUT2D eigenvalue weighted by Crippen LogP contribution is 2.19. The van der Waals surface area contributed by atoms with Gasteiger partial charge in [0.2, 0.25) is 5.91 Å². The summed E-state index contributed by atoms with van der Waals surface area (Å²) in [5, 5.41) is 12.5. The monoisotopic (exact) mass is 284 g/mol. The van der Waals surface area contributed by atoms with Crippen molar-refractivity contribution in [2.75, 3.05) is 31.6 Å². The molecule has 106 valence electrons. The highest BCUT2D eigenvalue weighted by atomic mass is 35.5. The van der Waals surface area contributed by atoms with E-state index in [2.05, 4.69) is 5.32 Å². The van der Waals surface area contributed by atoms with Crippen molar-refractivity contribution in [2.45, 2.75) is 20.3 Å². The molecular formula is C14H21ClN2O2. The van der Waals surface area contributed by atoms with Crippen LogP contribution in [0, 0.1) is 6.92 Å². The van der Waals surface area contributed by atoms with E-state index in [0.717, 1.165) is 24.2 Å². The molecule has 0 radical (unpaired) electrons. The first kappa shape index (κ1) is 16.0. The smallest absolute Gasteiger partial charge is 0.238 e. The molecule has 0 aliphatic rings. The van der Waals surface area contributed by atoms with Crippen molar-refractivity contribution in [3.05, 3.63) is 28.8 Å². The lowest BCUT2D eigenvalue weighted by Gasteiger charge is -2.20. The maximum atomic E-state index is 11.9.